The topological polar surface area (TPSA) is 82.8 Å². The first kappa shape index (κ1) is 20.4. The van der Waals surface area contributed by atoms with Gasteiger partial charge in [0.2, 0.25) is 11.7 Å². The summed E-state index contributed by atoms with van der Waals surface area (Å²) in [6, 6.07) is 3.81. The smallest absolute Gasteiger partial charge is 0.220 e. The molecule has 0 saturated heterocycles. The van der Waals surface area contributed by atoms with Crippen molar-refractivity contribution in [3.05, 3.63) is 17.7 Å². The van der Waals surface area contributed by atoms with E-state index in [2.05, 4.69) is 5.32 Å². The molecule has 0 aliphatic heterocycles. The third-order valence-electron chi connectivity index (χ3n) is 4.13. The first-order valence-electron chi connectivity index (χ1n) is 7.90. The molecule has 1 aromatic rings. The number of aryl methyl sites for hydroxylation is 1. The predicted octanol–water partition coefficient (Wildman–Crippen LogP) is 1.92. The van der Waals surface area contributed by atoms with Crippen LogP contribution in [-0.4, -0.2) is 39.8 Å². The molecule has 136 valence electrons. The minimum absolute atomic E-state index is 0. The van der Waals surface area contributed by atoms with E-state index in [9.17, 15) is 4.79 Å². The Morgan fingerprint density at radius 1 is 1.21 bits per heavy atom. The molecule has 2 rings (SSSR count). The van der Waals surface area contributed by atoms with Gasteiger partial charge < -0.3 is 25.3 Å². The van der Waals surface area contributed by atoms with Crippen molar-refractivity contribution >= 4 is 18.3 Å². The lowest BCUT2D eigenvalue weighted by Gasteiger charge is -2.14. The number of benzene rings is 1. The van der Waals surface area contributed by atoms with Gasteiger partial charge in [0.15, 0.2) is 11.5 Å². The molecule has 0 radical (unpaired) electrons. The van der Waals surface area contributed by atoms with Crippen LogP contribution in [0, 0.1) is 5.92 Å². The number of nitrogens with two attached hydrogens (primary N) is 1. The highest BCUT2D eigenvalue weighted by Crippen LogP contribution is 2.38. The Morgan fingerprint density at radius 2 is 1.79 bits per heavy atom. The summed E-state index contributed by atoms with van der Waals surface area (Å²) in [6.45, 7) is 0.554. The number of ether oxygens (including phenoxy) is 3. The Morgan fingerprint density at radius 3 is 2.25 bits per heavy atom. The van der Waals surface area contributed by atoms with Crippen LogP contribution in [0.4, 0.5) is 0 Å². The number of methoxy groups -OCH3 is 3. The number of nitrogens with one attached hydrogen (secondary N) is 1. The molecule has 6 nitrogen and oxygen atoms in total. The number of carbonyl (C=O) groups is 1. The molecule has 3 N–H and O–H groups in total. The van der Waals surface area contributed by atoms with E-state index in [0.29, 0.717) is 42.6 Å². The molecule has 0 bridgehead atoms. The van der Waals surface area contributed by atoms with Crippen LogP contribution in [0.1, 0.15) is 24.8 Å². The van der Waals surface area contributed by atoms with Gasteiger partial charge in [0.05, 0.1) is 21.3 Å². The Labute approximate surface area is 149 Å². The van der Waals surface area contributed by atoms with Crippen molar-refractivity contribution < 1.29 is 19.0 Å². The molecule has 0 heterocycles. The lowest BCUT2D eigenvalue weighted by molar-refractivity contribution is -0.121. The van der Waals surface area contributed by atoms with E-state index in [1.807, 2.05) is 12.1 Å². The largest absolute Gasteiger partial charge is 0.493 e. The fraction of sp³-hybridized carbons (Fsp3) is 0.588. The minimum atomic E-state index is 0. The van der Waals surface area contributed by atoms with Gasteiger partial charge in [-0.1, -0.05) is 0 Å². The molecule has 1 unspecified atom stereocenters. The first-order valence-corrected chi connectivity index (χ1v) is 7.90. The summed E-state index contributed by atoms with van der Waals surface area (Å²) in [6.07, 6.45) is 3.36. The van der Waals surface area contributed by atoms with E-state index < -0.39 is 0 Å². The number of hydrogen-bond donors (Lipinski definition) is 2. The molecular weight excluding hydrogens is 332 g/mol. The first-order chi connectivity index (χ1) is 11.1. The number of carbonyl (C=O) groups excluding carboxylic acids is 1. The summed E-state index contributed by atoms with van der Waals surface area (Å²) in [4.78, 5) is 11.9. The summed E-state index contributed by atoms with van der Waals surface area (Å²) in [5.74, 6) is 2.34. The third-order valence-corrected chi connectivity index (χ3v) is 4.13. The lowest BCUT2D eigenvalue weighted by atomic mass is 10.1. The van der Waals surface area contributed by atoms with E-state index in [0.717, 1.165) is 5.56 Å². The zero-order chi connectivity index (χ0) is 16.8. The SMILES string of the molecule is COc1cc(CCC(=O)NCC(N)C2CC2)cc(OC)c1OC.Cl. The van der Waals surface area contributed by atoms with Crippen LogP contribution in [0.25, 0.3) is 0 Å². The van der Waals surface area contributed by atoms with Crippen molar-refractivity contribution in [1.29, 1.82) is 0 Å². The second kappa shape index (κ2) is 9.59. The Bertz CT molecular complexity index is 524. The van der Waals surface area contributed by atoms with Gasteiger partial charge in [0.25, 0.3) is 0 Å². The van der Waals surface area contributed by atoms with E-state index in [1.165, 1.54) is 12.8 Å². The van der Waals surface area contributed by atoms with Gasteiger partial charge in [-0.2, -0.15) is 0 Å². The maximum absolute atomic E-state index is 11.9. The predicted molar refractivity (Wildman–Crippen MR) is 95.4 cm³/mol. The minimum Gasteiger partial charge on any atom is -0.493 e. The molecular formula is C17H27ClN2O4. The molecule has 1 amide bonds. The summed E-state index contributed by atoms with van der Waals surface area (Å²) in [7, 11) is 4.72. The number of rotatable bonds is 9. The zero-order valence-electron chi connectivity index (χ0n) is 14.5. The van der Waals surface area contributed by atoms with Crippen molar-refractivity contribution in [3.63, 3.8) is 0 Å². The van der Waals surface area contributed by atoms with Crippen LogP contribution in [-0.2, 0) is 11.2 Å². The summed E-state index contributed by atoms with van der Waals surface area (Å²) >= 11 is 0. The molecule has 24 heavy (non-hydrogen) atoms. The van der Waals surface area contributed by atoms with Crippen molar-refractivity contribution in [2.45, 2.75) is 31.7 Å². The van der Waals surface area contributed by atoms with E-state index in [1.54, 1.807) is 21.3 Å². The Hall–Kier alpha value is -1.66. The van der Waals surface area contributed by atoms with Gasteiger partial charge in [-0.05, 0) is 42.9 Å². The highest BCUT2D eigenvalue weighted by atomic mass is 35.5. The van der Waals surface area contributed by atoms with Crippen LogP contribution < -0.4 is 25.3 Å². The monoisotopic (exact) mass is 358 g/mol. The second-order valence-corrected chi connectivity index (χ2v) is 5.84. The van der Waals surface area contributed by atoms with Crippen molar-refractivity contribution in [2.24, 2.45) is 11.7 Å². The standard InChI is InChI=1S/C17H26N2O4.ClH/c1-21-14-8-11(9-15(22-2)17(14)23-3)4-7-16(20)19-10-13(18)12-5-6-12;/h8-9,12-13H,4-7,10,18H2,1-3H3,(H,19,20);1H. The van der Waals surface area contributed by atoms with Gasteiger partial charge >= 0.3 is 0 Å². The zero-order valence-corrected chi connectivity index (χ0v) is 15.3. The molecule has 1 aliphatic rings. The highest BCUT2D eigenvalue weighted by Gasteiger charge is 2.28. The normalized spacial score (nSPS) is 14.3. The maximum Gasteiger partial charge on any atom is 0.220 e. The number of hydrogen-bond acceptors (Lipinski definition) is 5. The summed E-state index contributed by atoms with van der Waals surface area (Å²) < 4.78 is 15.9. The summed E-state index contributed by atoms with van der Waals surface area (Å²) in [5, 5.41) is 2.90. The Kier molecular flexibility index (Phi) is 8.15. The molecule has 0 aromatic heterocycles. The molecule has 1 atom stereocenters. The molecule has 1 aromatic carbocycles. The average Bonchev–Trinajstić information content (AvgIpc) is 3.41. The summed E-state index contributed by atoms with van der Waals surface area (Å²) in [5.41, 5.74) is 6.94. The second-order valence-electron chi connectivity index (χ2n) is 5.84. The molecule has 1 fully saturated rings. The van der Waals surface area contributed by atoms with Gasteiger partial charge in [-0.3, -0.25) is 4.79 Å². The van der Waals surface area contributed by atoms with Crippen molar-refractivity contribution in [2.75, 3.05) is 27.9 Å². The fourth-order valence-electron chi connectivity index (χ4n) is 2.55. The Balaban J connectivity index is 0.00000288. The molecule has 7 heteroatoms. The van der Waals surface area contributed by atoms with Crippen LogP contribution in [0.5, 0.6) is 17.2 Å². The van der Waals surface area contributed by atoms with Gasteiger partial charge in [0.1, 0.15) is 0 Å². The van der Waals surface area contributed by atoms with Crippen LogP contribution in [0.15, 0.2) is 12.1 Å². The molecule has 1 saturated carbocycles. The van der Waals surface area contributed by atoms with E-state index in [-0.39, 0.29) is 24.4 Å². The van der Waals surface area contributed by atoms with Gasteiger partial charge in [-0.25, -0.2) is 0 Å². The fourth-order valence-corrected chi connectivity index (χ4v) is 2.55. The van der Waals surface area contributed by atoms with Crippen LogP contribution >= 0.6 is 12.4 Å². The molecule has 1 aliphatic carbocycles. The average molecular weight is 359 g/mol. The highest BCUT2D eigenvalue weighted by molar-refractivity contribution is 5.85. The van der Waals surface area contributed by atoms with E-state index in [4.69, 9.17) is 19.9 Å². The number of amides is 1. The van der Waals surface area contributed by atoms with Gasteiger partial charge in [0, 0.05) is 19.0 Å². The maximum atomic E-state index is 11.9. The van der Waals surface area contributed by atoms with Crippen LogP contribution in [0.2, 0.25) is 0 Å². The van der Waals surface area contributed by atoms with Crippen molar-refractivity contribution in [3.8, 4) is 17.2 Å². The molecule has 0 spiro atoms. The number of halogens is 1. The lowest BCUT2D eigenvalue weighted by Crippen LogP contribution is -2.38. The quantitative estimate of drug-likeness (QED) is 0.704. The van der Waals surface area contributed by atoms with Gasteiger partial charge in [-0.15, -0.1) is 12.4 Å². The van der Waals surface area contributed by atoms with E-state index >= 15 is 0 Å². The van der Waals surface area contributed by atoms with Crippen molar-refractivity contribution in [1.82, 2.24) is 5.32 Å². The third kappa shape index (κ3) is 5.46. The van der Waals surface area contributed by atoms with Crippen LogP contribution in [0.3, 0.4) is 0 Å².